The monoisotopic (exact) mass is 263 g/mol. The van der Waals surface area contributed by atoms with E-state index in [-0.39, 0.29) is 16.7 Å². The zero-order valence-corrected chi connectivity index (χ0v) is 11.1. The Morgan fingerprint density at radius 3 is 1.58 bits per heavy atom. The SMILES string of the molecule is CC(C)(C)NC(=O)c1cc(C(N)=O)cc(C(N)=O)c1. The lowest BCUT2D eigenvalue weighted by molar-refractivity contribution is 0.0919. The minimum atomic E-state index is -0.729. The summed E-state index contributed by atoms with van der Waals surface area (Å²) in [5, 5.41) is 2.72. The molecule has 1 aromatic rings. The number of amides is 3. The van der Waals surface area contributed by atoms with Crippen LogP contribution in [0, 0.1) is 0 Å². The lowest BCUT2D eigenvalue weighted by atomic mass is 10.0. The van der Waals surface area contributed by atoms with Crippen LogP contribution in [-0.4, -0.2) is 23.3 Å². The molecule has 0 aliphatic rings. The van der Waals surface area contributed by atoms with E-state index in [1.165, 1.54) is 18.2 Å². The second-order valence-corrected chi connectivity index (χ2v) is 5.23. The summed E-state index contributed by atoms with van der Waals surface area (Å²) in [6.45, 7) is 5.45. The summed E-state index contributed by atoms with van der Waals surface area (Å²) in [6, 6.07) is 3.92. The highest BCUT2D eigenvalue weighted by Gasteiger charge is 2.18. The predicted molar refractivity (Wildman–Crippen MR) is 70.7 cm³/mol. The Morgan fingerprint density at radius 2 is 1.26 bits per heavy atom. The molecule has 0 fully saturated rings. The maximum Gasteiger partial charge on any atom is 0.251 e. The summed E-state index contributed by atoms with van der Waals surface area (Å²) in [4.78, 5) is 34.3. The van der Waals surface area contributed by atoms with E-state index >= 15 is 0 Å². The van der Waals surface area contributed by atoms with E-state index in [9.17, 15) is 14.4 Å². The summed E-state index contributed by atoms with van der Waals surface area (Å²) < 4.78 is 0. The highest BCUT2D eigenvalue weighted by Crippen LogP contribution is 2.12. The number of nitrogens with one attached hydrogen (secondary N) is 1. The number of hydrogen-bond acceptors (Lipinski definition) is 3. The van der Waals surface area contributed by atoms with Gasteiger partial charge in [-0.05, 0) is 39.0 Å². The minimum Gasteiger partial charge on any atom is -0.366 e. The van der Waals surface area contributed by atoms with Crippen LogP contribution in [0.4, 0.5) is 0 Å². The Hall–Kier alpha value is -2.37. The van der Waals surface area contributed by atoms with Crippen LogP contribution in [0.2, 0.25) is 0 Å². The molecule has 5 N–H and O–H groups in total. The topological polar surface area (TPSA) is 115 Å². The number of hydrogen-bond donors (Lipinski definition) is 3. The fourth-order valence-corrected chi connectivity index (χ4v) is 1.46. The summed E-state index contributed by atoms with van der Waals surface area (Å²) >= 11 is 0. The average Bonchev–Trinajstić information content (AvgIpc) is 2.25. The van der Waals surface area contributed by atoms with Crippen molar-refractivity contribution < 1.29 is 14.4 Å². The summed E-state index contributed by atoms with van der Waals surface area (Å²) in [6.07, 6.45) is 0. The van der Waals surface area contributed by atoms with Gasteiger partial charge in [0.25, 0.3) is 5.91 Å². The van der Waals surface area contributed by atoms with Crippen molar-refractivity contribution in [3.8, 4) is 0 Å². The molecule has 1 aromatic carbocycles. The number of carbonyl (C=O) groups excluding carboxylic acids is 3. The molecule has 0 aliphatic carbocycles. The quantitative estimate of drug-likeness (QED) is 0.733. The first-order valence-corrected chi connectivity index (χ1v) is 5.67. The third-order valence-corrected chi connectivity index (χ3v) is 2.25. The molecular formula is C13H17N3O3. The van der Waals surface area contributed by atoms with E-state index in [2.05, 4.69) is 5.32 Å². The van der Waals surface area contributed by atoms with Crippen molar-refractivity contribution in [1.29, 1.82) is 0 Å². The molecule has 6 nitrogen and oxygen atoms in total. The molecule has 0 saturated carbocycles. The lowest BCUT2D eigenvalue weighted by Gasteiger charge is -2.20. The molecule has 0 heterocycles. The van der Waals surface area contributed by atoms with Crippen LogP contribution in [-0.2, 0) is 0 Å². The Bertz CT molecular complexity index is 512. The van der Waals surface area contributed by atoms with Crippen molar-refractivity contribution in [2.45, 2.75) is 26.3 Å². The number of primary amides is 2. The number of nitrogens with two attached hydrogens (primary N) is 2. The standard InChI is InChI=1S/C13H17N3O3/c1-13(2,3)16-12(19)9-5-7(10(14)17)4-8(6-9)11(15)18/h4-6H,1-3H3,(H2,14,17)(H2,15,18)(H,16,19). The molecule has 102 valence electrons. The predicted octanol–water partition coefficient (Wildman–Crippen LogP) is 0.413. The van der Waals surface area contributed by atoms with Crippen LogP contribution in [0.15, 0.2) is 18.2 Å². The second kappa shape index (κ2) is 5.09. The summed E-state index contributed by atoms with van der Waals surface area (Å²) in [7, 11) is 0. The van der Waals surface area contributed by atoms with Gasteiger partial charge in [0.1, 0.15) is 0 Å². The smallest absolute Gasteiger partial charge is 0.251 e. The van der Waals surface area contributed by atoms with Crippen LogP contribution in [0.25, 0.3) is 0 Å². The van der Waals surface area contributed by atoms with Crippen molar-refractivity contribution in [2.24, 2.45) is 11.5 Å². The highest BCUT2D eigenvalue weighted by molar-refractivity contribution is 6.03. The zero-order valence-electron chi connectivity index (χ0n) is 11.1. The molecule has 0 spiro atoms. The van der Waals surface area contributed by atoms with Crippen LogP contribution in [0.1, 0.15) is 51.8 Å². The number of benzene rings is 1. The van der Waals surface area contributed by atoms with Crippen LogP contribution >= 0.6 is 0 Å². The highest BCUT2D eigenvalue weighted by atomic mass is 16.2. The number of carbonyl (C=O) groups is 3. The van der Waals surface area contributed by atoms with Crippen LogP contribution in [0.5, 0.6) is 0 Å². The molecular weight excluding hydrogens is 246 g/mol. The molecule has 19 heavy (non-hydrogen) atoms. The Balaban J connectivity index is 3.23. The van der Waals surface area contributed by atoms with Crippen molar-refractivity contribution in [3.63, 3.8) is 0 Å². The largest absolute Gasteiger partial charge is 0.366 e. The van der Waals surface area contributed by atoms with Gasteiger partial charge >= 0.3 is 0 Å². The van der Waals surface area contributed by atoms with Gasteiger partial charge in [-0.3, -0.25) is 14.4 Å². The minimum absolute atomic E-state index is 0.0651. The maximum absolute atomic E-state index is 12.0. The Morgan fingerprint density at radius 1 is 0.895 bits per heavy atom. The van der Waals surface area contributed by atoms with E-state index < -0.39 is 23.3 Å². The van der Waals surface area contributed by atoms with Gasteiger partial charge in [-0.15, -0.1) is 0 Å². The fourth-order valence-electron chi connectivity index (χ4n) is 1.46. The molecule has 6 heteroatoms. The van der Waals surface area contributed by atoms with Crippen LogP contribution < -0.4 is 16.8 Å². The van der Waals surface area contributed by atoms with Gasteiger partial charge < -0.3 is 16.8 Å². The lowest BCUT2D eigenvalue weighted by Crippen LogP contribution is -2.40. The first-order valence-electron chi connectivity index (χ1n) is 5.67. The third-order valence-electron chi connectivity index (χ3n) is 2.25. The molecule has 0 atom stereocenters. The van der Waals surface area contributed by atoms with Gasteiger partial charge in [0.15, 0.2) is 0 Å². The van der Waals surface area contributed by atoms with Gasteiger partial charge in [0.2, 0.25) is 11.8 Å². The van der Waals surface area contributed by atoms with Crippen molar-refractivity contribution in [3.05, 3.63) is 34.9 Å². The Kier molecular flexibility index (Phi) is 3.94. The maximum atomic E-state index is 12.0. The molecule has 3 amide bonds. The molecule has 0 unspecified atom stereocenters. The van der Waals surface area contributed by atoms with E-state index in [1.54, 1.807) is 0 Å². The summed E-state index contributed by atoms with van der Waals surface area (Å²) in [5.74, 6) is -1.86. The van der Waals surface area contributed by atoms with Gasteiger partial charge in [-0.2, -0.15) is 0 Å². The van der Waals surface area contributed by atoms with E-state index in [4.69, 9.17) is 11.5 Å². The Labute approximate surface area is 111 Å². The second-order valence-electron chi connectivity index (χ2n) is 5.23. The van der Waals surface area contributed by atoms with Gasteiger partial charge in [-0.1, -0.05) is 0 Å². The fraction of sp³-hybridized carbons (Fsp3) is 0.308. The molecule has 0 radical (unpaired) electrons. The zero-order chi connectivity index (χ0) is 14.8. The molecule has 1 rings (SSSR count). The third kappa shape index (κ3) is 4.09. The van der Waals surface area contributed by atoms with Crippen molar-refractivity contribution in [2.75, 3.05) is 0 Å². The molecule has 0 saturated heterocycles. The van der Waals surface area contributed by atoms with Gasteiger partial charge in [0, 0.05) is 22.2 Å². The average molecular weight is 263 g/mol. The van der Waals surface area contributed by atoms with Gasteiger partial charge in [-0.25, -0.2) is 0 Å². The normalized spacial score (nSPS) is 10.9. The van der Waals surface area contributed by atoms with Gasteiger partial charge in [0.05, 0.1) is 0 Å². The number of rotatable bonds is 3. The van der Waals surface area contributed by atoms with E-state index in [0.717, 1.165) is 0 Å². The van der Waals surface area contributed by atoms with Crippen LogP contribution in [0.3, 0.4) is 0 Å². The molecule has 0 bridgehead atoms. The van der Waals surface area contributed by atoms with E-state index in [1.807, 2.05) is 20.8 Å². The summed E-state index contributed by atoms with van der Waals surface area (Å²) in [5.41, 5.74) is 10.2. The van der Waals surface area contributed by atoms with Crippen molar-refractivity contribution >= 4 is 17.7 Å². The first-order chi connectivity index (χ1) is 8.60. The first kappa shape index (κ1) is 14.7. The van der Waals surface area contributed by atoms with Crippen molar-refractivity contribution in [1.82, 2.24) is 5.32 Å². The molecule has 0 aromatic heterocycles. The van der Waals surface area contributed by atoms with E-state index in [0.29, 0.717) is 0 Å². The molecule has 0 aliphatic heterocycles.